The minimum atomic E-state index is -0.188. The summed E-state index contributed by atoms with van der Waals surface area (Å²) >= 11 is 0. The monoisotopic (exact) mass is 418 g/mol. The predicted molar refractivity (Wildman–Crippen MR) is 114 cm³/mol. The van der Waals surface area contributed by atoms with Crippen LogP contribution in [0, 0.1) is 5.92 Å². The summed E-state index contributed by atoms with van der Waals surface area (Å²) in [5.74, 6) is -0.0345. The first kappa shape index (κ1) is 22.4. The molecule has 0 radical (unpaired) electrons. The third-order valence-corrected chi connectivity index (χ3v) is 6.16. The number of esters is 2. The van der Waals surface area contributed by atoms with Crippen LogP contribution < -0.4 is 0 Å². The zero-order valence-corrected chi connectivity index (χ0v) is 18.1. The lowest BCUT2D eigenvalue weighted by Crippen LogP contribution is -2.07. The molecule has 0 saturated carbocycles. The molecule has 0 aliphatic rings. The van der Waals surface area contributed by atoms with Gasteiger partial charge in [0.15, 0.2) is 0 Å². The van der Waals surface area contributed by atoms with Gasteiger partial charge in [0.2, 0.25) is 0 Å². The van der Waals surface area contributed by atoms with Crippen molar-refractivity contribution in [1.29, 1.82) is 0 Å². The van der Waals surface area contributed by atoms with Crippen LogP contribution in [0.1, 0.15) is 44.7 Å². The third-order valence-electron chi connectivity index (χ3n) is 3.74. The smallest absolute Gasteiger partial charge is 0.306 e. The Hall–Kier alpha value is -1.92. The number of rotatable bonds is 10. The second-order valence-electron chi connectivity index (χ2n) is 6.73. The van der Waals surface area contributed by atoms with E-state index in [0.29, 0.717) is 32.0 Å². The topological polar surface area (TPSA) is 52.6 Å². The zero-order chi connectivity index (χ0) is 20.4. The number of ether oxygens (including phenoxy) is 2. The number of benzene rings is 2. The van der Waals surface area contributed by atoms with Crippen LogP contribution in [0.25, 0.3) is 0 Å². The van der Waals surface area contributed by atoms with Crippen LogP contribution in [0.15, 0.2) is 58.3 Å². The average molecular weight is 419 g/mol. The SMILES string of the molecule is CCC(=O)OCc1ccc(SSc2ccc(COC(=O)CC(C)C)cc2)cc1. The molecule has 0 aliphatic carbocycles. The fourth-order valence-electron chi connectivity index (χ4n) is 2.20. The molecule has 6 heteroatoms. The van der Waals surface area contributed by atoms with Gasteiger partial charge in [0, 0.05) is 22.6 Å². The molecule has 4 nitrogen and oxygen atoms in total. The standard InChI is InChI=1S/C22H26O4S2/c1-4-21(23)25-14-17-5-9-19(10-6-17)27-28-20-11-7-18(8-12-20)15-26-22(24)13-16(2)3/h5-12,16H,4,13-15H2,1-3H3. The summed E-state index contributed by atoms with van der Waals surface area (Å²) in [7, 11) is 3.33. The van der Waals surface area contributed by atoms with Gasteiger partial charge in [-0.25, -0.2) is 0 Å². The van der Waals surface area contributed by atoms with E-state index >= 15 is 0 Å². The molecule has 0 spiro atoms. The second-order valence-corrected chi connectivity index (χ2v) is 9.00. The molecule has 0 bridgehead atoms. The molecule has 0 N–H and O–H groups in total. The highest BCUT2D eigenvalue weighted by molar-refractivity contribution is 8.76. The summed E-state index contributed by atoms with van der Waals surface area (Å²) in [5, 5.41) is 0. The molecule has 28 heavy (non-hydrogen) atoms. The number of carbonyl (C=O) groups is 2. The molecule has 0 heterocycles. The molecule has 0 atom stereocenters. The van der Waals surface area contributed by atoms with Gasteiger partial charge in [0.1, 0.15) is 13.2 Å². The molecule has 0 aliphatic heterocycles. The quantitative estimate of drug-likeness (QED) is 0.347. The van der Waals surface area contributed by atoms with Crippen LogP contribution in [-0.4, -0.2) is 11.9 Å². The average Bonchev–Trinajstić information content (AvgIpc) is 2.70. The van der Waals surface area contributed by atoms with Crippen LogP contribution in [-0.2, 0) is 32.3 Å². The zero-order valence-electron chi connectivity index (χ0n) is 16.5. The maximum Gasteiger partial charge on any atom is 0.306 e. The fourth-order valence-corrected chi connectivity index (χ4v) is 4.13. The lowest BCUT2D eigenvalue weighted by Gasteiger charge is -2.08. The van der Waals surface area contributed by atoms with Crippen molar-refractivity contribution < 1.29 is 19.1 Å². The molecule has 150 valence electrons. The minimum absolute atomic E-state index is 0.156. The van der Waals surface area contributed by atoms with Gasteiger partial charge in [0.25, 0.3) is 0 Å². The summed E-state index contributed by atoms with van der Waals surface area (Å²) in [4.78, 5) is 25.1. The Morgan fingerprint density at radius 3 is 1.61 bits per heavy atom. The van der Waals surface area contributed by atoms with Crippen LogP contribution in [0.2, 0.25) is 0 Å². The number of hydrogen-bond acceptors (Lipinski definition) is 6. The maximum atomic E-state index is 11.6. The van der Waals surface area contributed by atoms with E-state index in [1.807, 2.05) is 62.4 Å². The van der Waals surface area contributed by atoms with Crippen molar-refractivity contribution >= 4 is 33.5 Å². The molecular weight excluding hydrogens is 392 g/mol. The highest BCUT2D eigenvalue weighted by Gasteiger charge is 2.07. The normalized spacial score (nSPS) is 10.7. The first-order valence-corrected chi connectivity index (χ1v) is 11.4. The van der Waals surface area contributed by atoms with Gasteiger partial charge in [-0.3, -0.25) is 9.59 Å². The van der Waals surface area contributed by atoms with E-state index in [0.717, 1.165) is 20.9 Å². The Morgan fingerprint density at radius 2 is 1.21 bits per heavy atom. The molecule has 0 unspecified atom stereocenters. The summed E-state index contributed by atoms with van der Waals surface area (Å²) in [6, 6.07) is 16.0. The molecule has 0 aromatic heterocycles. The van der Waals surface area contributed by atoms with Crippen LogP contribution in [0.4, 0.5) is 0 Å². The van der Waals surface area contributed by atoms with Crippen molar-refractivity contribution in [3.05, 3.63) is 59.7 Å². The van der Waals surface area contributed by atoms with Crippen LogP contribution in [0.3, 0.4) is 0 Å². The maximum absolute atomic E-state index is 11.6. The van der Waals surface area contributed by atoms with E-state index in [4.69, 9.17) is 9.47 Å². The van der Waals surface area contributed by atoms with Gasteiger partial charge in [-0.2, -0.15) is 0 Å². The number of hydrogen-bond donors (Lipinski definition) is 0. The van der Waals surface area contributed by atoms with Crippen molar-refractivity contribution in [3.63, 3.8) is 0 Å². The van der Waals surface area contributed by atoms with Crippen molar-refractivity contribution in [1.82, 2.24) is 0 Å². The molecular formula is C22H26O4S2. The fraction of sp³-hybridized carbons (Fsp3) is 0.364. The van der Waals surface area contributed by atoms with Gasteiger partial charge in [-0.05, 0) is 41.3 Å². The van der Waals surface area contributed by atoms with Gasteiger partial charge >= 0.3 is 11.9 Å². The molecule has 2 aromatic rings. The van der Waals surface area contributed by atoms with Crippen molar-refractivity contribution in [2.45, 2.75) is 56.6 Å². The molecule has 0 amide bonds. The first-order chi connectivity index (χ1) is 13.5. The lowest BCUT2D eigenvalue weighted by atomic mass is 10.1. The van der Waals surface area contributed by atoms with Crippen molar-refractivity contribution in [2.75, 3.05) is 0 Å². The summed E-state index contributed by atoms with van der Waals surface area (Å²) < 4.78 is 10.4. The molecule has 2 rings (SSSR count). The number of carbonyl (C=O) groups excluding carboxylic acids is 2. The highest BCUT2D eigenvalue weighted by Crippen LogP contribution is 2.37. The van der Waals surface area contributed by atoms with E-state index in [-0.39, 0.29) is 11.9 Å². The summed E-state index contributed by atoms with van der Waals surface area (Å²) in [6.45, 7) is 6.41. The van der Waals surface area contributed by atoms with E-state index in [1.54, 1.807) is 28.5 Å². The molecule has 0 fully saturated rings. The van der Waals surface area contributed by atoms with E-state index < -0.39 is 0 Å². The third kappa shape index (κ3) is 8.40. The molecule has 2 aromatic carbocycles. The van der Waals surface area contributed by atoms with E-state index in [9.17, 15) is 9.59 Å². The largest absolute Gasteiger partial charge is 0.461 e. The van der Waals surface area contributed by atoms with Crippen LogP contribution in [0.5, 0.6) is 0 Å². The van der Waals surface area contributed by atoms with Gasteiger partial charge in [0.05, 0.1) is 0 Å². The van der Waals surface area contributed by atoms with Gasteiger partial charge in [-0.1, -0.05) is 66.6 Å². The summed E-state index contributed by atoms with van der Waals surface area (Å²) in [6.07, 6.45) is 0.841. The van der Waals surface area contributed by atoms with Gasteiger partial charge in [-0.15, -0.1) is 0 Å². The Kier molecular flexibility index (Phi) is 9.44. The predicted octanol–water partition coefficient (Wildman–Crippen LogP) is 6.03. The van der Waals surface area contributed by atoms with Crippen molar-refractivity contribution in [3.8, 4) is 0 Å². The molecule has 0 saturated heterocycles. The highest BCUT2D eigenvalue weighted by atomic mass is 33.1. The van der Waals surface area contributed by atoms with E-state index in [1.165, 1.54) is 0 Å². The first-order valence-electron chi connectivity index (χ1n) is 9.30. The van der Waals surface area contributed by atoms with Crippen LogP contribution >= 0.6 is 21.6 Å². The Balaban J connectivity index is 1.76. The second kappa shape index (κ2) is 11.8. The Bertz CT molecular complexity index is 755. The Labute approximate surface area is 174 Å². The van der Waals surface area contributed by atoms with Gasteiger partial charge < -0.3 is 9.47 Å². The minimum Gasteiger partial charge on any atom is -0.461 e. The van der Waals surface area contributed by atoms with Crippen molar-refractivity contribution in [2.24, 2.45) is 5.92 Å². The van der Waals surface area contributed by atoms with E-state index in [2.05, 4.69) is 0 Å². The summed E-state index contributed by atoms with van der Waals surface area (Å²) in [5.41, 5.74) is 1.96. The lowest BCUT2D eigenvalue weighted by molar-refractivity contribution is -0.146. The Morgan fingerprint density at radius 1 is 0.786 bits per heavy atom.